The summed E-state index contributed by atoms with van der Waals surface area (Å²) in [6.07, 6.45) is 1.78. The molecule has 8 nitrogen and oxygen atoms in total. The molecule has 9 heteroatoms. The number of nitrogens with zero attached hydrogens (tertiary/aromatic N) is 3. The molecule has 1 aliphatic heterocycles. The maximum absolute atomic E-state index is 13.6. The van der Waals surface area contributed by atoms with Crippen LogP contribution in [-0.2, 0) is 11.4 Å². The molecule has 4 aromatic rings. The number of benzene rings is 4. The summed E-state index contributed by atoms with van der Waals surface area (Å²) in [5.74, 6) is 0.689. The van der Waals surface area contributed by atoms with Crippen LogP contribution >= 0.6 is 15.9 Å². The van der Waals surface area contributed by atoms with E-state index in [1.54, 1.807) is 24.3 Å². The molecule has 4 aromatic carbocycles. The lowest BCUT2D eigenvalue weighted by Gasteiger charge is -2.14. The molecule has 1 heterocycles. The van der Waals surface area contributed by atoms with E-state index in [2.05, 4.69) is 21.0 Å². The first kappa shape index (κ1) is 25.9. The minimum absolute atomic E-state index is 0.0144. The van der Waals surface area contributed by atoms with Crippen molar-refractivity contribution in [1.29, 1.82) is 0 Å². The number of hydrogen-bond acceptors (Lipinski definition) is 6. The number of methoxy groups -OCH3 is 1. The fourth-order valence-corrected chi connectivity index (χ4v) is 4.67. The smallest absolute Gasteiger partial charge is 0.281 e. The second-order valence-electron chi connectivity index (χ2n) is 8.57. The average Bonchev–Trinajstić information content (AvgIpc) is 3.28. The predicted molar refractivity (Wildman–Crippen MR) is 153 cm³/mol. The van der Waals surface area contributed by atoms with Gasteiger partial charge in [0.1, 0.15) is 12.3 Å². The summed E-state index contributed by atoms with van der Waals surface area (Å²) in [4.78, 5) is 24.0. The maximum atomic E-state index is 13.6. The van der Waals surface area contributed by atoms with Gasteiger partial charge in [0.15, 0.2) is 11.5 Å². The Hall–Kier alpha value is -4.76. The van der Waals surface area contributed by atoms with Gasteiger partial charge in [0.25, 0.3) is 11.6 Å². The van der Waals surface area contributed by atoms with E-state index in [4.69, 9.17) is 9.47 Å². The highest BCUT2D eigenvalue weighted by atomic mass is 79.9. The van der Waals surface area contributed by atoms with Gasteiger partial charge in [0.2, 0.25) is 0 Å². The van der Waals surface area contributed by atoms with Crippen LogP contribution in [0.25, 0.3) is 6.08 Å². The van der Waals surface area contributed by atoms with Crippen molar-refractivity contribution in [3.05, 3.63) is 134 Å². The highest BCUT2D eigenvalue weighted by Gasteiger charge is 2.32. The molecular weight excluding hydrogens is 562 g/mol. The average molecular weight is 584 g/mol. The molecule has 0 radical (unpaired) electrons. The van der Waals surface area contributed by atoms with E-state index in [9.17, 15) is 14.9 Å². The highest BCUT2D eigenvalue weighted by Crippen LogP contribution is 2.38. The number of hydrazone groups is 1. The van der Waals surface area contributed by atoms with Crippen molar-refractivity contribution >= 4 is 45.0 Å². The topological polar surface area (TPSA) is 94.3 Å². The van der Waals surface area contributed by atoms with Crippen molar-refractivity contribution in [2.45, 2.75) is 6.61 Å². The van der Waals surface area contributed by atoms with E-state index < -0.39 is 4.92 Å². The first-order valence-electron chi connectivity index (χ1n) is 11.9. The molecule has 0 unspecified atom stereocenters. The number of nitro groups is 1. The Bertz CT molecular complexity index is 1590. The molecule has 39 heavy (non-hydrogen) atoms. The standard InChI is InChI=1S/C30H22BrN3O5/c1-38-27-18-21(17-26(31)29(27)39-19-20-12-14-24(15-13-20)34(36)37)16-25-28(22-8-4-2-5-9-22)32-33(30(25)35)23-10-6-3-7-11-23/h2-18H,19H2,1H3/b25-16-. The molecule has 0 saturated heterocycles. The zero-order valence-electron chi connectivity index (χ0n) is 20.8. The van der Waals surface area contributed by atoms with Crippen LogP contribution in [0.15, 0.2) is 112 Å². The van der Waals surface area contributed by atoms with E-state index in [0.29, 0.717) is 38.5 Å². The fourth-order valence-electron chi connectivity index (χ4n) is 4.10. The van der Waals surface area contributed by atoms with Gasteiger partial charge in [0.05, 0.1) is 27.8 Å². The van der Waals surface area contributed by atoms with Gasteiger partial charge in [-0.2, -0.15) is 10.1 Å². The van der Waals surface area contributed by atoms with Gasteiger partial charge in [-0.25, -0.2) is 0 Å². The zero-order chi connectivity index (χ0) is 27.4. The molecule has 5 rings (SSSR count). The van der Waals surface area contributed by atoms with Gasteiger partial charge in [-0.1, -0.05) is 48.5 Å². The number of carbonyl (C=O) groups excluding carboxylic acids is 1. The van der Waals surface area contributed by atoms with Crippen LogP contribution in [0.5, 0.6) is 11.5 Å². The molecule has 0 atom stereocenters. The highest BCUT2D eigenvalue weighted by molar-refractivity contribution is 9.10. The molecule has 194 valence electrons. The molecule has 0 saturated carbocycles. The van der Waals surface area contributed by atoms with E-state index in [1.165, 1.54) is 24.3 Å². The Morgan fingerprint density at radius 3 is 2.28 bits per heavy atom. The van der Waals surface area contributed by atoms with Crippen LogP contribution in [0.4, 0.5) is 11.4 Å². The summed E-state index contributed by atoms with van der Waals surface area (Å²) >= 11 is 3.57. The molecule has 0 fully saturated rings. The van der Waals surface area contributed by atoms with E-state index in [0.717, 1.165) is 11.1 Å². The minimum Gasteiger partial charge on any atom is -0.493 e. The second-order valence-corrected chi connectivity index (χ2v) is 9.43. The largest absolute Gasteiger partial charge is 0.493 e. The zero-order valence-corrected chi connectivity index (χ0v) is 22.4. The van der Waals surface area contributed by atoms with Crippen molar-refractivity contribution in [3.8, 4) is 11.5 Å². The monoisotopic (exact) mass is 583 g/mol. The molecule has 0 aromatic heterocycles. The number of hydrogen-bond donors (Lipinski definition) is 0. The van der Waals surface area contributed by atoms with Gasteiger partial charge < -0.3 is 9.47 Å². The number of nitro benzene ring substituents is 1. The number of non-ortho nitro benzene ring substituents is 1. The Morgan fingerprint density at radius 1 is 0.974 bits per heavy atom. The molecular formula is C30H22BrN3O5. The molecule has 0 N–H and O–H groups in total. The normalized spacial score (nSPS) is 13.9. The fraction of sp³-hybridized carbons (Fsp3) is 0.0667. The van der Waals surface area contributed by atoms with Crippen LogP contribution in [-0.4, -0.2) is 23.7 Å². The van der Waals surface area contributed by atoms with Crippen LogP contribution in [0.3, 0.4) is 0 Å². The molecule has 1 amide bonds. The number of para-hydroxylation sites is 1. The third-order valence-corrected chi connectivity index (χ3v) is 6.61. The third-order valence-electron chi connectivity index (χ3n) is 6.02. The quantitative estimate of drug-likeness (QED) is 0.129. The number of carbonyl (C=O) groups is 1. The Balaban J connectivity index is 1.46. The Labute approximate surface area is 233 Å². The molecule has 0 aliphatic carbocycles. The summed E-state index contributed by atoms with van der Waals surface area (Å²) in [6.45, 7) is 0.183. The van der Waals surface area contributed by atoms with Crippen LogP contribution in [0.1, 0.15) is 16.7 Å². The number of amides is 1. The SMILES string of the molecule is COc1cc(/C=C2\C(=O)N(c3ccccc3)N=C2c2ccccc2)cc(Br)c1OCc1ccc([N+](=O)[O-])cc1. The van der Waals surface area contributed by atoms with Gasteiger partial charge in [-0.3, -0.25) is 14.9 Å². The molecule has 1 aliphatic rings. The first-order valence-corrected chi connectivity index (χ1v) is 12.7. The Kier molecular flexibility index (Phi) is 7.51. The number of halogens is 1. The number of anilines is 1. The minimum atomic E-state index is -0.445. The van der Waals surface area contributed by atoms with Gasteiger partial charge >= 0.3 is 0 Å². The summed E-state index contributed by atoms with van der Waals surface area (Å²) in [5.41, 5.74) is 4.00. The summed E-state index contributed by atoms with van der Waals surface area (Å²) < 4.78 is 12.2. The van der Waals surface area contributed by atoms with Crippen molar-refractivity contribution < 1.29 is 19.2 Å². The number of ether oxygens (including phenoxy) is 2. The molecule has 0 bridgehead atoms. The van der Waals surface area contributed by atoms with E-state index in [-0.39, 0.29) is 18.2 Å². The van der Waals surface area contributed by atoms with Gasteiger partial charge in [-0.05, 0) is 69.5 Å². The summed E-state index contributed by atoms with van der Waals surface area (Å²) in [7, 11) is 1.53. The van der Waals surface area contributed by atoms with Crippen molar-refractivity contribution in [3.63, 3.8) is 0 Å². The number of rotatable bonds is 8. The van der Waals surface area contributed by atoms with Crippen molar-refractivity contribution in [2.24, 2.45) is 5.10 Å². The van der Waals surface area contributed by atoms with Crippen LogP contribution < -0.4 is 14.5 Å². The lowest BCUT2D eigenvalue weighted by molar-refractivity contribution is -0.384. The predicted octanol–water partition coefficient (Wildman–Crippen LogP) is 6.78. The summed E-state index contributed by atoms with van der Waals surface area (Å²) in [6, 6.07) is 28.6. The van der Waals surface area contributed by atoms with Crippen molar-refractivity contribution in [1.82, 2.24) is 0 Å². The molecule has 0 spiro atoms. The third kappa shape index (κ3) is 5.58. The van der Waals surface area contributed by atoms with Gasteiger partial charge in [0, 0.05) is 17.7 Å². The first-order chi connectivity index (χ1) is 18.9. The van der Waals surface area contributed by atoms with E-state index >= 15 is 0 Å². The van der Waals surface area contributed by atoms with Crippen molar-refractivity contribution in [2.75, 3.05) is 12.1 Å². The second kappa shape index (κ2) is 11.3. The van der Waals surface area contributed by atoms with Crippen LogP contribution in [0, 0.1) is 10.1 Å². The van der Waals surface area contributed by atoms with E-state index in [1.807, 2.05) is 66.7 Å². The van der Waals surface area contributed by atoms with Crippen LogP contribution in [0.2, 0.25) is 0 Å². The maximum Gasteiger partial charge on any atom is 0.281 e. The lowest BCUT2D eigenvalue weighted by atomic mass is 10.00. The Morgan fingerprint density at radius 2 is 1.64 bits per heavy atom. The summed E-state index contributed by atoms with van der Waals surface area (Å²) in [5, 5.41) is 17.0. The lowest BCUT2D eigenvalue weighted by Crippen LogP contribution is -2.21. The van der Waals surface area contributed by atoms with Gasteiger partial charge in [-0.15, -0.1) is 0 Å².